The molecule has 2 rings (SSSR count). The molecule has 0 aromatic heterocycles. The second-order valence-corrected chi connectivity index (χ2v) is 6.36. The number of fused-ring (bicyclic) bond motifs is 1. The molecule has 2 aromatic rings. The van der Waals surface area contributed by atoms with E-state index in [4.69, 9.17) is 11.6 Å². The highest BCUT2D eigenvalue weighted by molar-refractivity contribution is 9.10. The van der Waals surface area contributed by atoms with Crippen LogP contribution in [-0.4, -0.2) is 17.3 Å². The summed E-state index contributed by atoms with van der Waals surface area (Å²) in [5.41, 5.74) is 0.237. The summed E-state index contributed by atoms with van der Waals surface area (Å²) in [4.78, 5) is 12.2. The van der Waals surface area contributed by atoms with Crippen molar-refractivity contribution in [3.63, 3.8) is 0 Å². The molecule has 100 valence electrons. The Labute approximate surface area is 126 Å². The van der Waals surface area contributed by atoms with E-state index in [-0.39, 0.29) is 5.91 Å². The van der Waals surface area contributed by atoms with Crippen molar-refractivity contribution in [3.8, 4) is 0 Å². The molecule has 0 radical (unpaired) electrons. The highest BCUT2D eigenvalue weighted by atomic mass is 79.9. The van der Waals surface area contributed by atoms with E-state index in [1.165, 1.54) is 0 Å². The topological polar surface area (TPSA) is 29.1 Å². The van der Waals surface area contributed by atoms with Gasteiger partial charge in [0, 0.05) is 21.5 Å². The molecule has 0 aliphatic rings. The third kappa shape index (κ3) is 3.48. The summed E-state index contributed by atoms with van der Waals surface area (Å²) >= 11 is 9.25. The number of halogens is 2. The number of carbonyl (C=O) groups is 1. The quantitative estimate of drug-likeness (QED) is 0.827. The van der Waals surface area contributed by atoms with E-state index < -0.39 is 5.54 Å². The van der Waals surface area contributed by atoms with Gasteiger partial charge < -0.3 is 5.32 Å². The smallest absolute Gasteiger partial charge is 0.251 e. The number of nitrogens with one attached hydrogen (secondary N) is 1. The van der Waals surface area contributed by atoms with Gasteiger partial charge in [0.05, 0.1) is 0 Å². The largest absolute Gasteiger partial charge is 0.346 e. The molecule has 2 nitrogen and oxygen atoms in total. The average molecular weight is 341 g/mol. The van der Waals surface area contributed by atoms with Gasteiger partial charge in [0.1, 0.15) is 0 Å². The lowest BCUT2D eigenvalue weighted by atomic mass is 10.0. The summed E-state index contributed by atoms with van der Waals surface area (Å²) < 4.78 is 1.03. The highest BCUT2D eigenvalue weighted by Crippen LogP contribution is 2.21. The molecule has 0 heterocycles. The van der Waals surface area contributed by atoms with Crippen molar-refractivity contribution < 1.29 is 4.79 Å². The van der Waals surface area contributed by atoms with Crippen LogP contribution in [0.2, 0.25) is 0 Å². The average Bonchev–Trinajstić information content (AvgIpc) is 2.37. The summed E-state index contributed by atoms with van der Waals surface area (Å²) in [6.45, 7) is 3.80. The lowest BCUT2D eigenvalue weighted by molar-refractivity contribution is 0.0920. The van der Waals surface area contributed by atoms with Gasteiger partial charge in [-0.1, -0.05) is 28.1 Å². The number of hydrogen-bond acceptors (Lipinski definition) is 1. The molecular formula is C15H15BrClNO. The third-order valence-corrected chi connectivity index (χ3v) is 4.01. The van der Waals surface area contributed by atoms with Gasteiger partial charge in [0.2, 0.25) is 0 Å². The molecule has 0 saturated heterocycles. The van der Waals surface area contributed by atoms with Crippen molar-refractivity contribution in [3.05, 3.63) is 46.4 Å². The molecule has 0 atom stereocenters. The van der Waals surface area contributed by atoms with Gasteiger partial charge in [-0.15, -0.1) is 11.6 Å². The van der Waals surface area contributed by atoms with Crippen LogP contribution < -0.4 is 5.32 Å². The maximum atomic E-state index is 12.2. The maximum absolute atomic E-state index is 12.2. The van der Waals surface area contributed by atoms with Crippen LogP contribution in [0.4, 0.5) is 0 Å². The van der Waals surface area contributed by atoms with Crippen LogP contribution in [0, 0.1) is 0 Å². The van der Waals surface area contributed by atoms with Crippen molar-refractivity contribution in [2.24, 2.45) is 0 Å². The molecular weight excluding hydrogens is 326 g/mol. The minimum atomic E-state index is -0.409. The lowest BCUT2D eigenvalue weighted by Crippen LogP contribution is -2.44. The van der Waals surface area contributed by atoms with Crippen molar-refractivity contribution in [1.29, 1.82) is 0 Å². The zero-order valence-corrected chi connectivity index (χ0v) is 13.2. The molecule has 0 unspecified atom stereocenters. The number of amides is 1. The van der Waals surface area contributed by atoms with Crippen LogP contribution in [-0.2, 0) is 0 Å². The first-order valence-electron chi connectivity index (χ1n) is 5.99. The van der Waals surface area contributed by atoms with Gasteiger partial charge in [-0.25, -0.2) is 0 Å². The van der Waals surface area contributed by atoms with E-state index in [0.29, 0.717) is 11.4 Å². The molecule has 4 heteroatoms. The predicted molar refractivity (Wildman–Crippen MR) is 83.9 cm³/mol. The summed E-state index contributed by atoms with van der Waals surface area (Å²) in [6.07, 6.45) is 0. The number of hydrogen-bond donors (Lipinski definition) is 1. The number of alkyl halides is 1. The monoisotopic (exact) mass is 339 g/mol. The van der Waals surface area contributed by atoms with E-state index in [1.807, 2.05) is 50.2 Å². The van der Waals surface area contributed by atoms with Gasteiger partial charge in [-0.05, 0) is 48.9 Å². The molecule has 1 amide bonds. The van der Waals surface area contributed by atoms with Crippen LogP contribution in [0.1, 0.15) is 24.2 Å². The Bertz CT molecular complexity index is 625. The van der Waals surface area contributed by atoms with E-state index in [2.05, 4.69) is 21.2 Å². The Morgan fingerprint density at radius 2 is 1.84 bits per heavy atom. The summed E-state index contributed by atoms with van der Waals surface area (Å²) in [5, 5.41) is 5.06. The van der Waals surface area contributed by atoms with Gasteiger partial charge >= 0.3 is 0 Å². The maximum Gasteiger partial charge on any atom is 0.251 e. The van der Waals surface area contributed by atoms with Crippen molar-refractivity contribution in [2.45, 2.75) is 19.4 Å². The number of carbonyl (C=O) groups excluding carboxylic acids is 1. The first-order chi connectivity index (χ1) is 8.91. The summed E-state index contributed by atoms with van der Waals surface area (Å²) in [5.74, 6) is 0.273. The standard InChI is InChI=1S/C15H15BrClNO/c1-15(2,9-17)18-14(19)12-4-3-11-8-13(16)6-5-10(11)7-12/h3-8H,9H2,1-2H3,(H,18,19). The second kappa shape index (κ2) is 5.51. The predicted octanol–water partition coefficient (Wildman–Crippen LogP) is 4.35. The Hall–Kier alpha value is -1.06. The summed E-state index contributed by atoms with van der Waals surface area (Å²) in [7, 11) is 0. The third-order valence-electron chi connectivity index (χ3n) is 2.85. The number of benzene rings is 2. The Balaban J connectivity index is 2.31. The Morgan fingerprint density at radius 3 is 2.53 bits per heavy atom. The zero-order valence-electron chi connectivity index (χ0n) is 10.8. The molecule has 2 aromatic carbocycles. The lowest BCUT2D eigenvalue weighted by Gasteiger charge is -2.23. The van der Waals surface area contributed by atoms with Crippen molar-refractivity contribution in [1.82, 2.24) is 5.32 Å². The van der Waals surface area contributed by atoms with Gasteiger partial charge in [0.15, 0.2) is 0 Å². The van der Waals surface area contributed by atoms with Crippen molar-refractivity contribution in [2.75, 3.05) is 5.88 Å². The van der Waals surface area contributed by atoms with E-state index in [0.717, 1.165) is 15.2 Å². The van der Waals surface area contributed by atoms with Crippen LogP contribution in [0.25, 0.3) is 10.8 Å². The molecule has 1 N–H and O–H groups in total. The summed E-state index contributed by atoms with van der Waals surface area (Å²) in [6, 6.07) is 11.6. The van der Waals surface area contributed by atoms with Crippen LogP contribution >= 0.6 is 27.5 Å². The van der Waals surface area contributed by atoms with E-state index >= 15 is 0 Å². The normalized spacial score (nSPS) is 11.6. The molecule has 0 fully saturated rings. The molecule has 19 heavy (non-hydrogen) atoms. The fourth-order valence-corrected chi connectivity index (χ4v) is 2.22. The number of rotatable bonds is 3. The van der Waals surface area contributed by atoms with Crippen LogP contribution in [0.15, 0.2) is 40.9 Å². The SMILES string of the molecule is CC(C)(CCl)NC(=O)c1ccc2cc(Br)ccc2c1. The first-order valence-corrected chi connectivity index (χ1v) is 7.32. The molecule has 0 bridgehead atoms. The van der Waals surface area contributed by atoms with Crippen LogP contribution in [0.5, 0.6) is 0 Å². The Kier molecular flexibility index (Phi) is 4.16. The highest BCUT2D eigenvalue weighted by Gasteiger charge is 2.19. The van der Waals surface area contributed by atoms with Gasteiger partial charge in [0.25, 0.3) is 5.91 Å². The van der Waals surface area contributed by atoms with Gasteiger partial charge in [-0.3, -0.25) is 4.79 Å². The minimum absolute atomic E-state index is 0.101. The molecule has 0 saturated carbocycles. The zero-order chi connectivity index (χ0) is 14.0. The fraction of sp³-hybridized carbons (Fsp3) is 0.267. The molecule has 0 aliphatic heterocycles. The molecule has 0 aliphatic carbocycles. The second-order valence-electron chi connectivity index (χ2n) is 5.18. The minimum Gasteiger partial charge on any atom is -0.346 e. The first kappa shape index (κ1) is 14.4. The van der Waals surface area contributed by atoms with E-state index in [1.54, 1.807) is 0 Å². The van der Waals surface area contributed by atoms with Crippen LogP contribution in [0.3, 0.4) is 0 Å². The molecule has 0 spiro atoms. The van der Waals surface area contributed by atoms with Gasteiger partial charge in [-0.2, -0.15) is 0 Å². The Morgan fingerprint density at radius 1 is 1.21 bits per heavy atom. The van der Waals surface area contributed by atoms with Crippen molar-refractivity contribution >= 4 is 44.2 Å². The fourth-order valence-electron chi connectivity index (χ4n) is 1.77. The van der Waals surface area contributed by atoms with E-state index in [9.17, 15) is 4.79 Å².